The van der Waals surface area contributed by atoms with Crippen LogP contribution < -0.4 is 5.32 Å². The Balaban J connectivity index is 1.58. The van der Waals surface area contributed by atoms with E-state index in [1.54, 1.807) is 30.6 Å². The average molecular weight is 519 g/mol. The lowest BCUT2D eigenvalue weighted by atomic mass is 10.2. The number of thioether (sulfide) groups is 1. The van der Waals surface area contributed by atoms with E-state index < -0.39 is 5.82 Å². The molecule has 0 radical (unpaired) electrons. The van der Waals surface area contributed by atoms with Crippen molar-refractivity contribution in [3.05, 3.63) is 82.3 Å². The minimum absolute atomic E-state index is 0.0254. The molecule has 156 valence electrons. The highest BCUT2D eigenvalue weighted by Gasteiger charge is 2.18. The Labute approximate surface area is 195 Å². The zero-order valence-electron chi connectivity index (χ0n) is 15.8. The quantitative estimate of drug-likeness (QED) is 0.336. The summed E-state index contributed by atoms with van der Waals surface area (Å²) in [6, 6.07) is 15.3. The number of nitrogens with zero attached hydrogens (tertiary/aromatic N) is 4. The number of carbonyl (C=O) groups is 1. The van der Waals surface area contributed by atoms with Gasteiger partial charge in [-0.25, -0.2) is 4.39 Å². The molecule has 0 unspecified atom stereocenters. The van der Waals surface area contributed by atoms with Gasteiger partial charge in [0.1, 0.15) is 5.82 Å². The predicted octanol–water partition coefficient (Wildman–Crippen LogP) is 5.62. The largest absolute Gasteiger partial charge is 0.323 e. The summed E-state index contributed by atoms with van der Waals surface area (Å²) in [5.41, 5.74) is 1.74. The first kappa shape index (κ1) is 21.5. The van der Waals surface area contributed by atoms with Gasteiger partial charge in [0.25, 0.3) is 0 Å². The molecule has 4 aromatic rings. The Morgan fingerprint density at radius 2 is 1.84 bits per heavy atom. The lowest BCUT2D eigenvalue weighted by Gasteiger charge is -2.11. The Morgan fingerprint density at radius 3 is 2.55 bits per heavy atom. The fourth-order valence-electron chi connectivity index (χ4n) is 2.78. The number of nitrogens with one attached hydrogen (secondary N) is 1. The molecule has 0 aliphatic carbocycles. The van der Waals surface area contributed by atoms with E-state index in [-0.39, 0.29) is 17.3 Å². The molecule has 0 bridgehead atoms. The van der Waals surface area contributed by atoms with Crippen LogP contribution in [0.15, 0.2) is 76.6 Å². The average Bonchev–Trinajstić information content (AvgIpc) is 3.19. The van der Waals surface area contributed by atoms with Gasteiger partial charge in [0.05, 0.1) is 11.4 Å². The molecule has 0 spiro atoms. The van der Waals surface area contributed by atoms with Gasteiger partial charge in [-0.15, -0.1) is 10.2 Å². The number of hydrogen-bond donors (Lipinski definition) is 1. The second kappa shape index (κ2) is 9.59. The topological polar surface area (TPSA) is 72.7 Å². The highest BCUT2D eigenvalue weighted by atomic mass is 79.9. The number of rotatable bonds is 6. The Kier molecular flexibility index (Phi) is 6.64. The van der Waals surface area contributed by atoms with Crippen molar-refractivity contribution in [1.29, 1.82) is 0 Å². The van der Waals surface area contributed by atoms with E-state index >= 15 is 0 Å². The van der Waals surface area contributed by atoms with Gasteiger partial charge in [0.2, 0.25) is 5.91 Å². The summed E-state index contributed by atoms with van der Waals surface area (Å²) in [6.45, 7) is 0. The normalized spacial score (nSPS) is 10.8. The standard InChI is InChI=1S/C21H14BrClFN5OS/c22-14-1-6-18(17(24)11-14)26-19(30)12-31-21-28-27-20(13-7-9-25-10-8-13)29(21)16-4-2-15(23)3-5-16/h1-11H,12H2,(H,26,30). The van der Waals surface area contributed by atoms with Gasteiger partial charge in [0.15, 0.2) is 11.0 Å². The SMILES string of the molecule is O=C(CSc1nnc(-c2ccncc2)n1-c1ccc(Cl)cc1)Nc1ccc(Br)cc1F. The number of aromatic nitrogens is 4. The van der Waals surface area contributed by atoms with Crippen molar-refractivity contribution in [3.8, 4) is 17.1 Å². The van der Waals surface area contributed by atoms with Crippen molar-refractivity contribution in [3.63, 3.8) is 0 Å². The molecule has 6 nitrogen and oxygen atoms in total. The van der Waals surface area contributed by atoms with Gasteiger partial charge in [-0.2, -0.15) is 0 Å². The van der Waals surface area contributed by atoms with E-state index in [1.165, 1.54) is 23.9 Å². The summed E-state index contributed by atoms with van der Waals surface area (Å²) in [5, 5.41) is 12.3. The van der Waals surface area contributed by atoms with Crippen LogP contribution in [0, 0.1) is 5.82 Å². The third-order valence-corrected chi connectivity index (χ3v) is 5.87. The lowest BCUT2D eigenvalue weighted by Crippen LogP contribution is -2.15. The smallest absolute Gasteiger partial charge is 0.234 e. The summed E-state index contributed by atoms with van der Waals surface area (Å²) >= 11 is 10.4. The highest BCUT2D eigenvalue weighted by Crippen LogP contribution is 2.28. The molecule has 2 aromatic carbocycles. The number of hydrogen-bond acceptors (Lipinski definition) is 5. The summed E-state index contributed by atoms with van der Waals surface area (Å²) < 4.78 is 16.4. The molecular weight excluding hydrogens is 505 g/mol. The minimum Gasteiger partial charge on any atom is -0.323 e. The van der Waals surface area contributed by atoms with E-state index in [9.17, 15) is 9.18 Å². The van der Waals surface area contributed by atoms with E-state index in [0.717, 1.165) is 11.3 Å². The fourth-order valence-corrected chi connectivity index (χ4v) is 3.99. The van der Waals surface area contributed by atoms with Crippen LogP contribution in [-0.2, 0) is 4.79 Å². The van der Waals surface area contributed by atoms with Gasteiger partial charge < -0.3 is 5.32 Å². The maximum Gasteiger partial charge on any atom is 0.234 e. The van der Waals surface area contributed by atoms with Gasteiger partial charge in [-0.1, -0.05) is 39.3 Å². The van der Waals surface area contributed by atoms with Crippen LogP contribution in [0.3, 0.4) is 0 Å². The minimum atomic E-state index is -0.517. The first-order valence-electron chi connectivity index (χ1n) is 9.01. The fraction of sp³-hybridized carbons (Fsp3) is 0.0476. The molecule has 0 aliphatic rings. The van der Waals surface area contributed by atoms with Crippen LogP contribution in [0.4, 0.5) is 10.1 Å². The van der Waals surface area contributed by atoms with Gasteiger partial charge >= 0.3 is 0 Å². The predicted molar refractivity (Wildman–Crippen MR) is 123 cm³/mol. The molecule has 0 aliphatic heterocycles. The summed E-state index contributed by atoms with van der Waals surface area (Å²) in [4.78, 5) is 16.4. The summed E-state index contributed by atoms with van der Waals surface area (Å²) in [7, 11) is 0. The molecule has 2 heterocycles. The van der Waals surface area contributed by atoms with Crippen LogP contribution in [0.25, 0.3) is 17.1 Å². The Bertz CT molecular complexity index is 1220. The summed E-state index contributed by atoms with van der Waals surface area (Å²) in [6.07, 6.45) is 3.34. The number of amides is 1. The molecule has 10 heteroatoms. The van der Waals surface area contributed by atoms with Crippen LogP contribution in [0.1, 0.15) is 0 Å². The van der Waals surface area contributed by atoms with E-state index in [4.69, 9.17) is 11.6 Å². The number of carbonyl (C=O) groups excluding carboxylic acids is 1. The van der Waals surface area contributed by atoms with Crippen molar-refractivity contribution >= 4 is 50.9 Å². The number of pyridine rings is 1. The molecule has 0 atom stereocenters. The van der Waals surface area contributed by atoms with Crippen molar-refractivity contribution in [1.82, 2.24) is 19.7 Å². The van der Waals surface area contributed by atoms with Gasteiger partial charge in [-0.3, -0.25) is 14.3 Å². The van der Waals surface area contributed by atoms with Gasteiger partial charge in [0, 0.05) is 33.1 Å². The highest BCUT2D eigenvalue weighted by molar-refractivity contribution is 9.10. The molecule has 1 amide bonds. The van der Waals surface area contributed by atoms with Crippen LogP contribution in [0.2, 0.25) is 5.02 Å². The number of halogens is 3. The van der Waals surface area contributed by atoms with Crippen LogP contribution in [0.5, 0.6) is 0 Å². The second-order valence-electron chi connectivity index (χ2n) is 6.31. The number of benzene rings is 2. The van der Waals surface area contributed by atoms with Crippen molar-refractivity contribution in [2.75, 3.05) is 11.1 Å². The van der Waals surface area contributed by atoms with Gasteiger partial charge in [-0.05, 0) is 54.6 Å². The third-order valence-electron chi connectivity index (χ3n) is 4.19. The molecule has 0 saturated heterocycles. The first-order chi connectivity index (χ1) is 15.0. The zero-order chi connectivity index (χ0) is 21.8. The third kappa shape index (κ3) is 5.12. The maximum absolute atomic E-state index is 14.0. The second-order valence-corrected chi connectivity index (χ2v) is 8.61. The van der Waals surface area contributed by atoms with Crippen molar-refractivity contribution in [2.24, 2.45) is 0 Å². The molecule has 0 fully saturated rings. The first-order valence-corrected chi connectivity index (χ1v) is 11.2. The van der Waals surface area contributed by atoms with Crippen molar-refractivity contribution < 1.29 is 9.18 Å². The Hall–Kier alpha value is -2.75. The zero-order valence-corrected chi connectivity index (χ0v) is 19.0. The maximum atomic E-state index is 14.0. The Morgan fingerprint density at radius 1 is 1.10 bits per heavy atom. The molecule has 1 N–H and O–H groups in total. The molecule has 2 aromatic heterocycles. The lowest BCUT2D eigenvalue weighted by molar-refractivity contribution is -0.113. The van der Waals surface area contributed by atoms with Crippen LogP contribution in [-0.4, -0.2) is 31.4 Å². The van der Waals surface area contributed by atoms with E-state index in [2.05, 4.69) is 36.4 Å². The van der Waals surface area contributed by atoms with E-state index in [1.807, 2.05) is 28.8 Å². The van der Waals surface area contributed by atoms with Crippen LogP contribution >= 0.6 is 39.3 Å². The summed E-state index contributed by atoms with van der Waals surface area (Å²) in [5.74, 6) is -0.247. The molecule has 31 heavy (non-hydrogen) atoms. The molecule has 4 rings (SSSR count). The van der Waals surface area contributed by atoms with E-state index in [0.29, 0.717) is 20.5 Å². The van der Waals surface area contributed by atoms with Crippen molar-refractivity contribution in [2.45, 2.75) is 5.16 Å². The molecular formula is C21H14BrClFN5OS. The monoisotopic (exact) mass is 517 g/mol. The number of anilines is 1. The molecule has 0 saturated carbocycles.